The Morgan fingerprint density at radius 1 is 1.32 bits per heavy atom. The monoisotopic (exact) mass is 320 g/mol. The third kappa shape index (κ3) is 6.42. The molecule has 1 unspecified atom stereocenters. The van der Waals surface area contributed by atoms with Gasteiger partial charge in [-0.15, -0.1) is 0 Å². The Kier molecular flexibility index (Phi) is 6.31. The van der Waals surface area contributed by atoms with Gasteiger partial charge in [-0.1, -0.05) is 25.1 Å². The normalized spacial score (nSPS) is 15.6. The van der Waals surface area contributed by atoms with Crippen molar-refractivity contribution in [3.8, 4) is 5.75 Å². The molecule has 1 aromatic carbocycles. The van der Waals surface area contributed by atoms with E-state index in [4.69, 9.17) is 32.3 Å². The van der Waals surface area contributed by atoms with Gasteiger partial charge in [-0.3, -0.25) is 4.79 Å². The van der Waals surface area contributed by atoms with E-state index in [9.17, 15) is 4.79 Å². The first-order valence-electron chi connectivity index (χ1n) is 6.04. The van der Waals surface area contributed by atoms with Crippen LogP contribution in [0, 0.1) is 5.92 Å². The Bertz CT molecular complexity index is 464. The van der Waals surface area contributed by atoms with Crippen LogP contribution < -0.4 is 4.52 Å². The Balaban J connectivity index is 2.59. The molecule has 0 heterocycles. The van der Waals surface area contributed by atoms with Crippen molar-refractivity contribution in [2.24, 2.45) is 5.92 Å². The van der Waals surface area contributed by atoms with Crippen molar-refractivity contribution >= 4 is 34.6 Å². The van der Waals surface area contributed by atoms with Crippen LogP contribution in [0.15, 0.2) is 30.3 Å². The summed E-state index contributed by atoms with van der Waals surface area (Å²) in [6.45, 7) is 5.37. The molecule has 0 radical (unpaired) electrons. The van der Waals surface area contributed by atoms with E-state index in [-0.39, 0.29) is 18.0 Å². The van der Waals surface area contributed by atoms with Crippen molar-refractivity contribution in [3.63, 3.8) is 0 Å². The first kappa shape index (κ1) is 16.5. The first-order valence-corrected chi connectivity index (χ1v) is 9.85. The second kappa shape index (κ2) is 7.28. The summed E-state index contributed by atoms with van der Waals surface area (Å²) in [4.78, 5) is 11.7. The van der Waals surface area contributed by atoms with Crippen molar-refractivity contribution in [2.45, 2.75) is 26.9 Å². The molecule has 0 aliphatic rings. The highest BCUT2D eigenvalue weighted by atomic mass is 35.7. The molecule has 1 aromatic rings. The third-order valence-electron chi connectivity index (χ3n) is 2.23. The van der Waals surface area contributed by atoms with Crippen LogP contribution in [0.3, 0.4) is 0 Å². The predicted octanol–water partition coefficient (Wildman–Crippen LogP) is 4.20. The summed E-state index contributed by atoms with van der Waals surface area (Å²) >= 11 is 11.5. The van der Waals surface area contributed by atoms with Gasteiger partial charge in [0.25, 0.3) is 0 Å². The first-order chi connectivity index (χ1) is 8.80. The van der Waals surface area contributed by atoms with Gasteiger partial charge in [0, 0.05) is 6.16 Å². The van der Waals surface area contributed by atoms with Crippen LogP contribution in [0.5, 0.6) is 5.75 Å². The zero-order valence-electron chi connectivity index (χ0n) is 11.2. The predicted molar refractivity (Wildman–Crippen MR) is 82.5 cm³/mol. The number of hydrogen-bond acceptors (Lipinski definition) is 4. The number of rotatable bonds is 6. The molecular formula is C13H18ClO3PS. The molecule has 1 rings (SSSR count). The minimum atomic E-state index is -2.56. The lowest BCUT2D eigenvalue weighted by molar-refractivity contribution is -0.150. The summed E-state index contributed by atoms with van der Waals surface area (Å²) in [5, 5.41) is 0. The fourth-order valence-corrected chi connectivity index (χ4v) is 4.53. The van der Waals surface area contributed by atoms with Crippen LogP contribution in [0.2, 0.25) is 0 Å². The summed E-state index contributed by atoms with van der Waals surface area (Å²) in [5.74, 6) is -0.0266. The molecule has 6 heteroatoms. The van der Waals surface area contributed by atoms with Crippen LogP contribution in [-0.2, 0) is 21.3 Å². The molecule has 0 saturated carbocycles. The van der Waals surface area contributed by atoms with Crippen molar-refractivity contribution < 1.29 is 14.1 Å². The Labute approximate surface area is 124 Å². The van der Waals surface area contributed by atoms with Gasteiger partial charge in [-0.2, -0.15) is 0 Å². The highest BCUT2D eigenvalue weighted by molar-refractivity contribution is 8.24. The van der Waals surface area contributed by atoms with Crippen molar-refractivity contribution in [1.29, 1.82) is 0 Å². The lowest BCUT2D eigenvalue weighted by Crippen LogP contribution is -2.21. The van der Waals surface area contributed by atoms with Crippen LogP contribution >= 0.6 is 16.9 Å². The number of carbonyl (C=O) groups is 1. The molecule has 0 N–H and O–H groups in total. The van der Waals surface area contributed by atoms with Crippen LogP contribution in [-0.4, -0.2) is 18.2 Å². The maximum atomic E-state index is 11.7. The van der Waals surface area contributed by atoms with Gasteiger partial charge in [0.15, 0.2) is 5.62 Å². The number of para-hydroxylation sites is 1. The van der Waals surface area contributed by atoms with Gasteiger partial charge in [0.1, 0.15) is 5.75 Å². The van der Waals surface area contributed by atoms with Crippen molar-refractivity contribution in [3.05, 3.63) is 30.3 Å². The molecule has 0 saturated heterocycles. The molecular weight excluding hydrogens is 303 g/mol. The quantitative estimate of drug-likeness (QED) is 0.581. The largest absolute Gasteiger partial charge is 0.463 e. The molecule has 0 bridgehead atoms. The molecule has 0 aliphatic heterocycles. The number of carbonyl (C=O) groups excluding carboxylic acids is 1. The third-order valence-corrected chi connectivity index (χ3v) is 4.99. The molecule has 0 fully saturated rings. The molecule has 106 valence electrons. The van der Waals surface area contributed by atoms with E-state index >= 15 is 0 Å². The minimum Gasteiger partial charge on any atom is -0.463 e. The molecule has 0 amide bonds. The highest BCUT2D eigenvalue weighted by Gasteiger charge is 2.25. The maximum Gasteiger partial charge on any atom is 0.309 e. The summed E-state index contributed by atoms with van der Waals surface area (Å²) in [6, 6.07) is 9.16. The molecule has 0 spiro atoms. The number of ether oxygens (including phenoxy) is 1. The zero-order valence-corrected chi connectivity index (χ0v) is 13.7. The highest BCUT2D eigenvalue weighted by Crippen LogP contribution is 2.53. The number of hydrogen-bond donors (Lipinski definition) is 0. The fraction of sp³-hybridized carbons (Fsp3) is 0.462. The van der Waals surface area contributed by atoms with E-state index < -0.39 is 5.62 Å². The summed E-state index contributed by atoms with van der Waals surface area (Å²) in [7, 11) is 0. The summed E-state index contributed by atoms with van der Waals surface area (Å²) in [6.07, 6.45) is 0.169. The van der Waals surface area contributed by atoms with Crippen LogP contribution in [0.4, 0.5) is 0 Å². The number of halogens is 1. The Morgan fingerprint density at radius 2 is 1.89 bits per heavy atom. The zero-order chi connectivity index (χ0) is 14.5. The SMILES string of the molecule is CC(C)OC(=O)[C@H](C)CP(=S)(Cl)Oc1ccccc1. The lowest BCUT2D eigenvalue weighted by Gasteiger charge is -2.20. The molecule has 3 nitrogen and oxygen atoms in total. The smallest absolute Gasteiger partial charge is 0.309 e. The Morgan fingerprint density at radius 3 is 2.42 bits per heavy atom. The second-order valence-electron chi connectivity index (χ2n) is 4.56. The van der Waals surface area contributed by atoms with Crippen molar-refractivity contribution in [1.82, 2.24) is 0 Å². The van der Waals surface area contributed by atoms with Gasteiger partial charge in [0.05, 0.1) is 12.0 Å². The van der Waals surface area contributed by atoms with Crippen LogP contribution in [0.25, 0.3) is 0 Å². The lowest BCUT2D eigenvalue weighted by atomic mass is 10.2. The van der Waals surface area contributed by atoms with Gasteiger partial charge < -0.3 is 9.26 Å². The second-order valence-corrected chi connectivity index (χ2v) is 10.3. The molecule has 2 atom stereocenters. The molecule has 0 aromatic heterocycles. The van der Waals surface area contributed by atoms with E-state index in [1.54, 1.807) is 19.1 Å². The van der Waals surface area contributed by atoms with E-state index in [1.807, 2.05) is 32.0 Å². The Hall–Kier alpha value is -0.570. The van der Waals surface area contributed by atoms with Gasteiger partial charge in [-0.25, -0.2) is 0 Å². The number of esters is 1. The average molecular weight is 321 g/mol. The van der Waals surface area contributed by atoms with Gasteiger partial charge in [0.2, 0.25) is 0 Å². The van der Waals surface area contributed by atoms with E-state index in [1.165, 1.54) is 0 Å². The van der Waals surface area contributed by atoms with E-state index in [0.717, 1.165) is 0 Å². The standard InChI is InChI=1S/C13H18ClO3PS/c1-10(2)16-13(15)11(3)9-18(14,19)17-12-7-5-4-6-8-12/h4-8,10-11H,9H2,1-3H3/t11-,18?/m1/s1. The van der Waals surface area contributed by atoms with Gasteiger partial charge in [-0.05, 0) is 49.0 Å². The number of benzene rings is 1. The minimum absolute atomic E-state index is 0.141. The molecule has 19 heavy (non-hydrogen) atoms. The topological polar surface area (TPSA) is 35.5 Å². The molecule has 0 aliphatic carbocycles. The van der Waals surface area contributed by atoms with E-state index in [2.05, 4.69) is 0 Å². The maximum absolute atomic E-state index is 11.7. The van der Waals surface area contributed by atoms with E-state index in [0.29, 0.717) is 11.9 Å². The van der Waals surface area contributed by atoms with Crippen LogP contribution in [0.1, 0.15) is 20.8 Å². The van der Waals surface area contributed by atoms with Gasteiger partial charge >= 0.3 is 5.97 Å². The summed E-state index contributed by atoms with van der Waals surface area (Å²) < 4.78 is 10.7. The summed E-state index contributed by atoms with van der Waals surface area (Å²) in [5.41, 5.74) is -2.56. The van der Waals surface area contributed by atoms with Crippen molar-refractivity contribution in [2.75, 3.05) is 6.16 Å². The fourth-order valence-electron chi connectivity index (χ4n) is 1.43. The average Bonchev–Trinajstić information content (AvgIpc) is 2.27.